The second-order valence-corrected chi connectivity index (χ2v) is 8.19. The Morgan fingerprint density at radius 1 is 1.38 bits per heavy atom. The molecule has 0 spiro atoms. The fourth-order valence-corrected chi connectivity index (χ4v) is 3.10. The van der Waals surface area contributed by atoms with E-state index < -0.39 is 40.5 Å². The molecule has 6 nitrogen and oxygen atoms in total. The molecular formula is C20H28O6. The zero-order chi connectivity index (χ0) is 20.0. The average Bonchev–Trinajstić information content (AvgIpc) is 2.97. The Hall–Kier alpha value is -1.92. The van der Waals surface area contributed by atoms with Crippen LogP contribution in [0.5, 0.6) is 0 Å². The van der Waals surface area contributed by atoms with E-state index in [4.69, 9.17) is 4.74 Å². The van der Waals surface area contributed by atoms with Crippen molar-refractivity contribution in [3.8, 4) is 0 Å². The van der Waals surface area contributed by atoms with E-state index in [1.165, 1.54) is 0 Å². The van der Waals surface area contributed by atoms with Gasteiger partial charge in [-0.25, -0.2) is 0 Å². The summed E-state index contributed by atoms with van der Waals surface area (Å²) >= 11 is 0. The van der Waals surface area contributed by atoms with Crippen LogP contribution in [-0.2, 0) is 14.3 Å². The molecular weight excluding hydrogens is 336 g/mol. The Morgan fingerprint density at radius 3 is 2.42 bits per heavy atom. The van der Waals surface area contributed by atoms with Crippen molar-refractivity contribution in [3.05, 3.63) is 34.3 Å². The van der Waals surface area contributed by atoms with Gasteiger partial charge in [0.25, 0.3) is 0 Å². The Balaban J connectivity index is 2.63. The topological polar surface area (TPSA) is 104 Å². The van der Waals surface area contributed by atoms with Crippen LogP contribution in [0.2, 0.25) is 0 Å². The minimum absolute atomic E-state index is 0.0649. The van der Waals surface area contributed by atoms with Crippen LogP contribution in [0.15, 0.2) is 34.3 Å². The number of rotatable bonds is 5. The summed E-state index contributed by atoms with van der Waals surface area (Å²) in [6.07, 6.45) is 0.968. The van der Waals surface area contributed by atoms with Crippen molar-refractivity contribution >= 4 is 11.6 Å². The van der Waals surface area contributed by atoms with Gasteiger partial charge < -0.3 is 20.1 Å². The van der Waals surface area contributed by atoms with Gasteiger partial charge in [0.05, 0.1) is 5.60 Å². The first kappa shape index (κ1) is 20.4. The lowest BCUT2D eigenvalue weighted by atomic mass is 9.76. The molecule has 0 bridgehead atoms. The third kappa shape index (κ3) is 3.35. The number of carbonyl (C=O) groups is 2. The smallest absolute Gasteiger partial charge is 0.209 e. The second-order valence-electron chi connectivity index (χ2n) is 8.19. The molecule has 2 rings (SSSR count). The maximum atomic E-state index is 13.0. The first-order valence-electron chi connectivity index (χ1n) is 8.81. The van der Waals surface area contributed by atoms with Crippen LogP contribution in [0.4, 0.5) is 0 Å². The first-order chi connectivity index (χ1) is 11.8. The number of hydrogen-bond donors (Lipinski definition) is 3. The zero-order valence-corrected chi connectivity index (χ0v) is 16.2. The van der Waals surface area contributed by atoms with Gasteiger partial charge in [0.15, 0.2) is 11.4 Å². The van der Waals surface area contributed by atoms with Crippen molar-refractivity contribution in [1.29, 1.82) is 0 Å². The van der Waals surface area contributed by atoms with Gasteiger partial charge in [-0.2, -0.15) is 0 Å². The van der Waals surface area contributed by atoms with Gasteiger partial charge >= 0.3 is 0 Å². The predicted octanol–water partition coefficient (Wildman–Crippen LogP) is 2.51. The Morgan fingerprint density at radius 2 is 1.96 bits per heavy atom. The van der Waals surface area contributed by atoms with E-state index in [0.717, 1.165) is 5.57 Å². The quantitative estimate of drug-likeness (QED) is 0.511. The SMILES string of the molecule is CC(C)=CC[C@@]1(O)C(=O)C(C(=O)C(C)C)=C(O)C2=C1O[C@H](C(C)(C)O)C2. The van der Waals surface area contributed by atoms with Gasteiger partial charge in [-0.15, -0.1) is 0 Å². The molecule has 144 valence electrons. The molecule has 26 heavy (non-hydrogen) atoms. The molecule has 0 amide bonds. The summed E-state index contributed by atoms with van der Waals surface area (Å²) in [5, 5.41) is 32.1. The number of allylic oxidation sites excluding steroid dienone is 2. The zero-order valence-electron chi connectivity index (χ0n) is 16.2. The number of carbonyl (C=O) groups excluding carboxylic acids is 2. The summed E-state index contributed by atoms with van der Waals surface area (Å²) in [4.78, 5) is 25.6. The van der Waals surface area contributed by atoms with Gasteiger partial charge in [0.1, 0.15) is 23.2 Å². The number of ether oxygens (including phenoxy) is 1. The van der Waals surface area contributed by atoms with Gasteiger partial charge in [-0.3, -0.25) is 9.59 Å². The number of hydrogen-bond acceptors (Lipinski definition) is 6. The minimum Gasteiger partial charge on any atom is -0.507 e. The third-order valence-corrected chi connectivity index (χ3v) is 4.79. The van der Waals surface area contributed by atoms with Gasteiger partial charge in [-0.05, 0) is 27.7 Å². The molecule has 2 atom stereocenters. The van der Waals surface area contributed by atoms with Crippen LogP contribution in [0.1, 0.15) is 54.4 Å². The Bertz CT molecular complexity index is 728. The predicted molar refractivity (Wildman–Crippen MR) is 96.3 cm³/mol. The Kier molecular flexibility index (Phi) is 5.23. The number of aliphatic hydroxyl groups is 3. The van der Waals surface area contributed by atoms with Crippen LogP contribution in [0.3, 0.4) is 0 Å². The van der Waals surface area contributed by atoms with Gasteiger partial charge in [0, 0.05) is 24.3 Å². The van der Waals surface area contributed by atoms with Crippen molar-refractivity contribution in [2.75, 3.05) is 0 Å². The summed E-state index contributed by atoms with van der Waals surface area (Å²) < 4.78 is 5.73. The molecule has 0 saturated carbocycles. The van der Waals surface area contributed by atoms with Crippen molar-refractivity contribution in [2.24, 2.45) is 5.92 Å². The highest BCUT2D eigenvalue weighted by Gasteiger charge is 2.55. The van der Waals surface area contributed by atoms with Crippen LogP contribution >= 0.6 is 0 Å². The van der Waals surface area contributed by atoms with E-state index in [-0.39, 0.29) is 29.7 Å². The fraction of sp³-hybridized carbons (Fsp3) is 0.600. The molecule has 1 aliphatic carbocycles. The van der Waals surface area contributed by atoms with Gasteiger partial charge in [0.2, 0.25) is 5.78 Å². The highest BCUT2D eigenvalue weighted by Crippen LogP contribution is 2.46. The fourth-order valence-electron chi connectivity index (χ4n) is 3.10. The summed E-state index contributed by atoms with van der Waals surface area (Å²) in [6.45, 7) is 10.0. The van der Waals surface area contributed by atoms with E-state index in [2.05, 4.69) is 0 Å². The van der Waals surface area contributed by atoms with E-state index in [1.807, 2.05) is 13.8 Å². The van der Waals surface area contributed by atoms with Crippen molar-refractivity contribution in [2.45, 2.75) is 71.7 Å². The van der Waals surface area contributed by atoms with Crippen molar-refractivity contribution < 1.29 is 29.6 Å². The van der Waals surface area contributed by atoms with E-state index in [1.54, 1.807) is 33.8 Å². The molecule has 0 aromatic heterocycles. The highest BCUT2D eigenvalue weighted by molar-refractivity contribution is 6.25. The maximum Gasteiger partial charge on any atom is 0.209 e. The van der Waals surface area contributed by atoms with Crippen LogP contribution in [0.25, 0.3) is 0 Å². The lowest BCUT2D eigenvalue weighted by Gasteiger charge is -2.33. The lowest BCUT2D eigenvalue weighted by Crippen LogP contribution is -2.47. The molecule has 3 N–H and O–H groups in total. The largest absolute Gasteiger partial charge is 0.507 e. The molecule has 0 aromatic rings. The van der Waals surface area contributed by atoms with Crippen molar-refractivity contribution in [1.82, 2.24) is 0 Å². The first-order valence-corrected chi connectivity index (χ1v) is 8.81. The highest BCUT2D eigenvalue weighted by atomic mass is 16.5. The van der Waals surface area contributed by atoms with Crippen LogP contribution in [0, 0.1) is 5.92 Å². The summed E-state index contributed by atoms with van der Waals surface area (Å²) in [5.74, 6) is -2.41. The molecule has 1 heterocycles. The maximum absolute atomic E-state index is 13.0. The molecule has 6 heteroatoms. The monoisotopic (exact) mass is 364 g/mol. The molecule has 0 fully saturated rings. The normalized spacial score (nSPS) is 26.2. The van der Waals surface area contributed by atoms with E-state index in [0.29, 0.717) is 0 Å². The van der Waals surface area contributed by atoms with E-state index >= 15 is 0 Å². The molecule has 0 saturated heterocycles. The second kappa shape index (κ2) is 6.67. The standard InChI is InChI=1S/C20H28O6/c1-10(2)7-8-20(25)17(23)14(15(21)11(3)4)16(22)12-9-13(19(5,6)24)26-18(12)20/h7,11,13,22,24-25H,8-9H2,1-6H3/t13-,20+/m0/s1. The molecule has 0 radical (unpaired) electrons. The van der Waals surface area contributed by atoms with Gasteiger partial charge in [-0.1, -0.05) is 25.5 Å². The van der Waals surface area contributed by atoms with E-state index in [9.17, 15) is 24.9 Å². The average molecular weight is 364 g/mol. The third-order valence-electron chi connectivity index (χ3n) is 4.79. The number of aliphatic hydroxyl groups excluding tert-OH is 1. The Labute approximate surface area is 153 Å². The van der Waals surface area contributed by atoms with Crippen molar-refractivity contribution in [3.63, 3.8) is 0 Å². The molecule has 0 unspecified atom stereocenters. The lowest BCUT2D eigenvalue weighted by molar-refractivity contribution is -0.139. The molecule has 2 aliphatic rings. The molecule has 1 aliphatic heterocycles. The summed E-state index contributed by atoms with van der Waals surface area (Å²) in [7, 11) is 0. The summed E-state index contributed by atoms with van der Waals surface area (Å²) in [5.41, 5.74) is -2.60. The number of Topliss-reactive ketones (excluding diaryl/α,β-unsaturated/α-hetero) is 2. The summed E-state index contributed by atoms with van der Waals surface area (Å²) in [6, 6.07) is 0. The number of ketones is 2. The van der Waals surface area contributed by atoms with Crippen LogP contribution in [-0.4, -0.2) is 44.2 Å². The minimum atomic E-state index is -2.07. The molecule has 0 aromatic carbocycles. The van der Waals surface area contributed by atoms with Crippen LogP contribution < -0.4 is 0 Å².